The minimum Gasteiger partial charge on any atom is -0.335 e. The first-order chi connectivity index (χ1) is 8.44. The van der Waals surface area contributed by atoms with Gasteiger partial charge < -0.3 is 10.6 Å². The molecule has 0 saturated carbocycles. The van der Waals surface area contributed by atoms with Gasteiger partial charge in [-0.25, -0.2) is 8.42 Å². The molecule has 2 N–H and O–H groups in total. The molecule has 6 heteroatoms. The Morgan fingerprint density at radius 1 is 1.22 bits per heavy atom. The standard InChI is InChI=1S/C12H14N2O2S2/c1-9-2-4-10(5-3-9)13-12(17)14-11-6-7-18(15,16)8-11/h2-6H,7-8H2,1H3,(H2,13,14,17). The van der Waals surface area contributed by atoms with Crippen molar-refractivity contribution in [1.82, 2.24) is 5.32 Å². The number of hydrogen-bond acceptors (Lipinski definition) is 3. The first-order valence-corrected chi connectivity index (χ1v) is 7.72. The minimum atomic E-state index is -2.96. The van der Waals surface area contributed by atoms with E-state index in [1.807, 2.05) is 31.2 Å². The summed E-state index contributed by atoms with van der Waals surface area (Å²) in [6, 6.07) is 7.79. The molecular formula is C12H14N2O2S2. The van der Waals surface area contributed by atoms with E-state index in [-0.39, 0.29) is 11.5 Å². The highest BCUT2D eigenvalue weighted by Crippen LogP contribution is 2.11. The van der Waals surface area contributed by atoms with E-state index in [0.29, 0.717) is 10.8 Å². The Balaban J connectivity index is 1.92. The molecule has 0 aromatic heterocycles. The average molecular weight is 282 g/mol. The third-order valence-electron chi connectivity index (χ3n) is 2.54. The lowest BCUT2D eigenvalue weighted by Crippen LogP contribution is -2.29. The van der Waals surface area contributed by atoms with Crippen molar-refractivity contribution in [2.24, 2.45) is 0 Å². The molecular weight excluding hydrogens is 268 g/mol. The minimum absolute atomic E-state index is 0.0305. The van der Waals surface area contributed by atoms with Crippen LogP contribution in [0.4, 0.5) is 5.69 Å². The maximum Gasteiger partial charge on any atom is 0.175 e. The van der Waals surface area contributed by atoms with Gasteiger partial charge in [-0.2, -0.15) is 0 Å². The Kier molecular flexibility index (Phi) is 3.68. The normalized spacial score (nSPS) is 17.1. The molecule has 0 aliphatic carbocycles. The van der Waals surface area contributed by atoms with Crippen LogP contribution < -0.4 is 10.6 Å². The molecule has 0 radical (unpaired) electrons. The van der Waals surface area contributed by atoms with Crippen LogP contribution in [0.2, 0.25) is 0 Å². The Labute approximate surface area is 112 Å². The summed E-state index contributed by atoms with van der Waals surface area (Å²) in [6.07, 6.45) is 1.65. The second-order valence-electron chi connectivity index (χ2n) is 4.23. The molecule has 1 heterocycles. The van der Waals surface area contributed by atoms with Crippen molar-refractivity contribution >= 4 is 32.9 Å². The highest BCUT2D eigenvalue weighted by Gasteiger charge is 2.20. The van der Waals surface area contributed by atoms with Crippen molar-refractivity contribution in [3.05, 3.63) is 41.6 Å². The summed E-state index contributed by atoms with van der Waals surface area (Å²) in [4.78, 5) is 0. The predicted molar refractivity (Wildman–Crippen MR) is 77.3 cm³/mol. The van der Waals surface area contributed by atoms with Gasteiger partial charge in [0.25, 0.3) is 0 Å². The summed E-state index contributed by atoms with van der Waals surface area (Å²) in [5.74, 6) is 0.116. The molecule has 1 aliphatic rings. The molecule has 0 unspecified atom stereocenters. The number of nitrogens with one attached hydrogen (secondary N) is 2. The smallest absolute Gasteiger partial charge is 0.175 e. The first-order valence-electron chi connectivity index (χ1n) is 5.49. The van der Waals surface area contributed by atoms with Gasteiger partial charge in [-0.3, -0.25) is 0 Å². The van der Waals surface area contributed by atoms with Crippen LogP contribution in [0, 0.1) is 6.92 Å². The summed E-state index contributed by atoms with van der Waals surface area (Å²) in [5.41, 5.74) is 2.68. The predicted octanol–water partition coefficient (Wildman–Crippen LogP) is 1.59. The molecule has 96 valence electrons. The third-order valence-corrected chi connectivity index (χ3v) is 4.17. The van der Waals surface area contributed by atoms with E-state index in [0.717, 1.165) is 5.69 Å². The van der Waals surface area contributed by atoms with Gasteiger partial charge in [-0.1, -0.05) is 17.7 Å². The van der Waals surface area contributed by atoms with Crippen molar-refractivity contribution in [1.29, 1.82) is 0 Å². The van der Waals surface area contributed by atoms with E-state index < -0.39 is 9.84 Å². The Bertz CT molecular complexity index is 589. The highest BCUT2D eigenvalue weighted by molar-refractivity contribution is 7.92. The van der Waals surface area contributed by atoms with Gasteiger partial charge in [-0.05, 0) is 37.4 Å². The number of rotatable bonds is 2. The third kappa shape index (κ3) is 3.54. The molecule has 1 aromatic rings. The lowest BCUT2D eigenvalue weighted by molar-refractivity contribution is 0.603. The number of benzene rings is 1. The number of hydrogen-bond donors (Lipinski definition) is 2. The molecule has 0 spiro atoms. The van der Waals surface area contributed by atoms with Gasteiger partial charge in [0.05, 0.1) is 11.5 Å². The van der Waals surface area contributed by atoms with Crippen LogP contribution in [0.1, 0.15) is 5.56 Å². The van der Waals surface area contributed by atoms with Crippen LogP contribution in [0.25, 0.3) is 0 Å². The lowest BCUT2D eigenvalue weighted by atomic mass is 10.2. The van der Waals surface area contributed by atoms with E-state index in [1.165, 1.54) is 5.56 Å². The SMILES string of the molecule is Cc1ccc(NC(=S)NC2=CCS(=O)(=O)C2)cc1. The summed E-state index contributed by atoms with van der Waals surface area (Å²) in [5, 5.41) is 6.31. The van der Waals surface area contributed by atoms with E-state index in [1.54, 1.807) is 6.08 Å². The van der Waals surface area contributed by atoms with Crippen molar-refractivity contribution in [3.8, 4) is 0 Å². The second-order valence-corrected chi connectivity index (χ2v) is 6.75. The Hall–Kier alpha value is -1.40. The summed E-state index contributed by atoms with van der Waals surface area (Å²) in [7, 11) is -2.96. The molecule has 18 heavy (non-hydrogen) atoms. The summed E-state index contributed by atoms with van der Waals surface area (Å²) >= 11 is 5.12. The van der Waals surface area contributed by atoms with Crippen LogP contribution in [0.5, 0.6) is 0 Å². The largest absolute Gasteiger partial charge is 0.335 e. The monoisotopic (exact) mass is 282 g/mol. The van der Waals surface area contributed by atoms with Gasteiger partial charge in [0.1, 0.15) is 0 Å². The van der Waals surface area contributed by atoms with Crippen molar-refractivity contribution in [2.45, 2.75) is 6.92 Å². The van der Waals surface area contributed by atoms with Crippen LogP contribution in [0.15, 0.2) is 36.0 Å². The van der Waals surface area contributed by atoms with Crippen molar-refractivity contribution in [3.63, 3.8) is 0 Å². The average Bonchev–Trinajstić information content (AvgIpc) is 2.61. The van der Waals surface area contributed by atoms with Crippen LogP contribution >= 0.6 is 12.2 Å². The Morgan fingerprint density at radius 2 is 1.89 bits per heavy atom. The zero-order valence-electron chi connectivity index (χ0n) is 9.93. The van der Waals surface area contributed by atoms with Crippen molar-refractivity contribution in [2.75, 3.05) is 16.8 Å². The quantitative estimate of drug-likeness (QED) is 0.807. The van der Waals surface area contributed by atoms with Gasteiger partial charge in [0.2, 0.25) is 0 Å². The van der Waals surface area contributed by atoms with E-state index in [2.05, 4.69) is 10.6 Å². The molecule has 0 amide bonds. The van der Waals surface area contributed by atoms with E-state index >= 15 is 0 Å². The fourth-order valence-corrected chi connectivity index (χ4v) is 3.10. The van der Waals surface area contributed by atoms with Crippen LogP contribution in [0.3, 0.4) is 0 Å². The van der Waals surface area contributed by atoms with E-state index in [9.17, 15) is 8.42 Å². The molecule has 4 nitrogen and oxygen atoms in total. The maximum absolute atomic E-state index is 11.3. The van der Waals surface area contributed by atoms with E-state index in [4.69, 9.17) is 12.2 Å². The topological polar surface area (TPSA) is 58.2 Å². The summed E-state index contributed by atoms with van der Waals surface area (Å²) < 4.78 is 22.5. The molecule has 1 aromatic carbocycles. The van der Waals surface area contributed by atoms with Crippen LogP contribution in [-0.4, -0.2) is 25.0 Å². The second kappa shape index (κ2) is 5.07. The molecule has 0 atom stereocenters. The Morgan fingerprint density at radius 3 is 2.44 bits per heavy atom. The van der Waals surface area contributed by atoms with Crippen LogP contribution in [-0.2, 0) is 9.84 Å². The van der Waals surface area contributed by atoms with Gasteiger partial charge in [-0.15, -0.1) is 0 Å². The molecule has 0 fully saturated rings. The number of sulfone groups is 1. The first kappa shape index (κ1) is 13.0. The molecule has 0 saturated heterocycles. The number of aryl methyl sites for hydroxylation is 1. The fourth-order valence-electron chi connectivity index (χ4n) is 1.61. The van der Waals surface area contributed by atoms with Gasteiger partial charge in [0, 0.05) is 11.4 Å². The number of anilines is 1. The summed E-state index contributed by atoms with van der Waals surface area (Å²) in [6.45, 7) is 2.01. The van der Waals surface area contributed by atoms with Gasteiger partial charge >= 0.3 is 0 Å². The molecule has 0 bridgehead atoms. The zero-order chi connectivity index (χ0) is 13.2. The zero-order valence-corrected chi connectivity index (χ0v) is 11.6. The molecule has 2 rings (SSSR count). The lowest BCUT2D eigenvalue weighted by Gasteiger charge is -2.10. The maximum atomic E-state index is 11.3. The van der Waals surface area contributed by atoms with Gasteiger partial charge in [0.15, 0.2) is 14.9 Å². The molecule has 1 aliphatic heterocycles. The number of thiocarbonyl (C=S) groups is 1. The van der Waals surface area contributed by atoms with Crippen molar-refractivity contribution < 1.29 is 8.42 Å². The highest BCUT2D eigenvalue weighted by atomic mass is 32.2. The fraction of sp³-hybridized carbons (Fsp3) is 0.250.